The first-order valence-electron chi connectivity index (χ1n) is 8.51. The Morgan fingerprint density at radius 2 is 1.78 bits per heavy atom. The third kappa shape index (κ3) is 6.16. The Bertz CT molecular complexity index is 763. The van der Waals surface area contributed by atoms with Crippen LogP contribution in [-0.2, 0) is 0 Å². The van der Waals surface area contributed by atoms with Gasteiger partial charge < -0.3 is 10.5 Å². The molecule has 8 heteroatoms. The van der Waals surface area contributed by atoms with E-state index in [9.17, 15) is 17.6 Å². The molecule has 2 aromatic heterocycles. The normalized spacial score (nSPS) is 13.3. The van der Waals surface area contributed by atoms with Crippen LogP contribution in [0.1, 0.15) is 51.3 Å². The molecule has 0 aromatic carbocycles. The van der Waals surface area contributed by atoms with Gasteiger partial charge in [-0.25, -0.2) is 22.5 Å². The van der Waals surface area contributed by atoms with E-state index in [1.54, 1.807) is 0 Å². The maximum absolute atomic E-state index is 13.5. The number of hydrogen-bond acceptors (Lipinski definition) is 4. The summed E-state index contributed by atoms with van der Waals surface area (Å²) in [5, 5.41) is 0. The van der Waals surface area contributed by atoms with E-state index in [4.69, 9.17) is 10.5 Å². The van der Waals surface area contributed by atoms with Crippen LogP contribution in [0.2, 0.25) is 0 Å². The molecule has 0 radical (unpaired) electrons. The fourth-order valence-electron chi connectivity index (χ4n) is 2.83. The summed E-state index contributed by atoms with van der Waals surface area (Å²) in [6.07, 6.45) is -2.38. The minimum atomic E-state index is -2.81. The Labute approximate surface area is 155 Å². The topological polar surface area (TPSA) is 61.0 Å². The summed E-state index contributed by atoms with van der Waals surface area (Å²) in [5.41, 5.74) is 5.37. The van der Waals surface area contributed by atoms with Crippen molar-refractivity contribution in [1.82, 2.24) is 9.97 Å². The SMILES string of the molecule is CC(COc1ncc(-c2ccnc(C(F)F)c2)cc1C(F)F)CC(C)(C)N. The van der Waals surface area contributed by atoms with Crippen LogP contribution in [0.4, 0.5) is 17.6 Å². The van der Waals surface area contributed by atoms with Crippen LogP contribution in [0.25, 0.3) is 11.1 Å². The van der Waals surface area contributed by atoms with Crippen molar-refractivity contribution in [2.45, 2.75) is 45.6 Å². The molecule has 0 amide bonds. The zero-order valence-electron chi connectivity index (χ0n) is 15.4. The summed E-state index contributed by atoms with van der Waals surface area (Å²) in [5.74, 6) is -0.121. The van der Waals surface area contributed by atoms with Crippen molar-refractivity contribution in [3.05, 3.63) is 41.9 Å². The van der Waals surface area contributed by atoms with E-state index < -0.39 is 24.1 Å². The lowest BCUT2D eigenvalue weighted by Gasteiger charge is -2.23. The number of nitrogens with two attached hydrogens (primary N) is 1. The lowest BCUT2D eigenvalue weighted by Crippen LogP contribution is -2.35. The zero-order chi connectivity index (χ0) is 20.2. The Morgan fingerprint density at radius 1 is 1.07 bits per heavy atom. The number of aromatic nitrogens is 2. The van der Waals surface area contributed by atoms with E-state index in [0.717, 1.165) is 6.07 Å². The van der Waals surface area contributed by atoms with E-state index in [1.165, 1.54) is 24.5 Å². The molecule has 0 saturated heterocycles. The van der Waals surface area contributed by atoms with Crippen LogP contribution >= 0.6 is 0 Å². The average molecular weight is 385 g/mol. The molecule has 2 heterocycles. The minimum absolute atomic E-state index is 0.0470. The monoisotopic (exact) mass is 385 g/mol. The van der Waals surface area contributed by atoms with Crippen molar-refractivity contribution >= 4 is 0 Å². The van der Waals surface area contributed by atoms with Gasteiger partial charge in [-0.05, 0) is 49.9 Å². The molecular weight excluding hydrogens is 362 g/mol. The van der Waals surface area contributed by atoms with Gasteiger partial charge in [-0.15, -0.1) is 0 Å². The number of pyridine rings is 2. The van der Waals surface area contributed by atoms with Gasteiger partial charge in [0.05, 0.1) is 12.2 Å². The highest BCUT2D eigenvalue weighted by atomic mass is 19.3. The van der Waals surface area contributed by atoms with Crippen molar-refractivity contribution in [3.8, 4) is 17.0 Å². The van der Waals surface area contributed by atoms with Crippen molar-refractivity contribution in [3.63, 3.8) is 0 Å². The first-order chi connectivity index (χ1) is 12.6. The molecule has 1 unspecified atom stereocenters. The van der Waals surface area contributed by atoms with Crippen molar-refractivity contribution in [2.24, 2.45) is 11.7 Å². The highest BCUT2D eigenvalue weighted by molar-refractivity contribution is 5.64. The number of alkyl halides is 4. The Balaban J connectivity index is 2.23. The maximum atomic E-state index is 13.5. The molecule has 27 heavy (non-hydrogen) atoms. The van der Waals surface area contributed by atoms with Crippen LogP contribution in [0.3, 0.4) is 0 Å². The molecule has 2 aromatic rings. The number of halogens is 4. The minimum Gasteiger partial charge on any atom is -0.477 e. The van der Waals surface area contributed by atoms with Gasteiger partial charge in [0.25, 0.3) is 12.9 Å². The van der Waals surface area contributed by atoms with Gasteiger partial charge in [-0.3, -0.25) is 4.98 Å². The van der Waals surface area contributed by atoms with Gasteiger partial charge in [0.15, 0.2) is 0 Å². The third-order valence-electron chi connectivity index (χ3n) is 3.83. The van der Waals surface area contributed by atoms with Crippen molar-refractivity contribution < 1.29 is 22.3 Å². The Kier molecular flexibility index (Phi) is 6.75. The van der Waals surface area contributed by atoms with Crippen LogP contribution in [0.5, 0.6) is 5.88 Å². The highest BCUT2D eigenvalue weighted by Gasteiger charge is 2.20. The molecule has 0 saturated carbocycles. The summed E-state index contributed by atoms with van der Waals surface area (Å²) in [7, 11) is 0. The number of ether oxygens (including phenoxy) is 1. The van der Waals surface area contributed by atoms with E-state index in [2.05, 4.69) is 9.97 Å². The molecule has 2 N–H and O–H groups in total. The van der Waals surface area contributed by atoms with Gasteiger partial charge in [-0.2, -0.15) is 0 Å². The van der Waals surface area contributed by atoms with Gasteiger partial charge in [-0.1, -0.05) is 6.92 Å². The van der Waals surface area contributed by atoms with Crippen LogP contribution < -0.4 is 10.5 Å². The van der Waals surface area contributed by atoms with Crippen molar-refractivity contribution in [1.29, 1.82) is 0 Å². The summed E-state index contributed by atoms with van der Waals surface area (Å²) in [4.78, 5) is 7.54. The largest absolute Gasteiger partial charge is 0.477 e. The summed E-state index contributed by atoms with van der Waals surface area (Å²) >= 11 is 0. The third-order valence-corrected chi connectivity index (χ3v) is 3.83. The van der Waals surface area contributed by atoms with Gasteiger partial charge in [0, 0.05) is 23.5 Å². The van der Waals surface area contributed by atoms with Gasteiger partial charge in [0.2, 0.25) is 5.88 Å². The first-order valence-corrected chi connectivity index (χ1v) is 8.51. The summed E-state index contributed by atoms with van der Waals surface area (Å²) in [6.45, 7) is 5.86. The second-order valence-electron chi connectivity index (χ2n) is 7.30. The van der Waals surface area contributed by atoms with E-state index >= 15 is 0 Å². The molecule has 148 valence electrons. The first kappa shape index (κ1) is 21.1. The molecule has 0 fully saturated rings. The number of nitrogens with zero attached hydrogens (tertiary/aromatic N) is 2. The maximum Gasteiger partial charge on any atom is 0.280 e. The fourth-order valence-corrected chi connectivity index (χ4v) is 2.83. The molecule has 0 aliphatic rings. The molecule has 0 aliphatic heterocycles. The quantitative estimate of drug-likeness (QED) is 0.638. The molecule has 2 rings (SSSR count). The highest BCUT2D eigenvalue weighted by Crippen LogP contribution is 2.32. The number of rotatable bonds is 8. The second kappa shape index (κ2) is 8.65. The smallest absolute Gasteiger partial charge is 0.280 e. The predicted octanol–water partition coefficient (Wildman–Crippen LogP) is 5.16. The Morgan fingerprint density at radius 3 is 2.37 bits per heavy atom. The van der Waals surface area contributed by atoms with Crippen LogP contribution in [0.15, 0.2) is 30.6 Å². The lowest BCUT2D eigenvalue weighted by atomic mass is 9.93. The van der Waals surface area contributed by atoms with E-state index in [1.807, 2.05) is 20.8 Å². The molecule has 1 atom stereocenters. The molecular formula is C19H23F4N3O. The fraction of sp³-hybridized carbons (Fsp3) is 0.474. The molecule has 0 aliphatic carbocycles. The zero-order valence-corrected chi connectivity index (χ0v) is 15.4. The summed E-state index contributed by atoms with van der Waals surface area (Å²) < 4.78 is 58.0. The molecule has 0 bridgehead atoms. The van der Waals surface area contributed by atoms with Crippen LogP contribution in [0, 0.1) is 5.92 Å². The molecule has 0 spiro atoms. The molecule has 4 nitrogen and oxygen atoms in total. The summed E-state index contributed by atoms with van der Waals surface area (Å²) in [6, 6.07) is 3.82. The Hall–Kier alpha value is -2.22. The van der Waals surface area contributed by atoms with E-state index in [0.29, 0.717) is 12.0 Å². The average Bonchev–Trinajstić information content (AvgIpc) is 2.58. The predicted molar refractivity (Wildman–Crippen MR) is 94.9 cm³/mol. The van der Waals surface area contributed by atoms with Gasteiger partial charge in [0.1, 0.15) is 5.69 Å². The number of hydrogen-bond donors (Lipinski definition) is 1. The lowest BCUT2D eigenvalue weighted by molar-refractivity contribution is 0.140. The standard InChI is InChI=1S/C19H23F4N3O/c1-11(8-19(2,3)24)10-27-18-14(16(20)21)6-13(9-26-18)12-4-5-25-15(7-12)17(22)23/h4-7,9,11,16-17H,8,10,24H2,1-3H3. The van der Waals surface area contributed by atoms with Crippen LogP contribution in [-0.4, -0.2) is 22.1 Å². The van der Waals surface area contributed by atoms with Crippen molar-refractivity contribution in [2.75, 3.05) is 6.61 Å². The second-order valence-corrected chi connectivity index (χ2v) is 7.30. The van der Waals surface area contributed by atoms with E-state index in [-0.39, 0.29) is 29.5 Å². The van der Waals surface area contributed by atoms with Gasteiger partial charge >= 0.3 is 0 Å².